The van der Waals surface area contributed by atoms with Gasteiger partial charge in [-0.1, -0.05) is 17.7 Å². The first-order valence-electron chi connectivity index (χ1n) is 7.93. The molecule has 5 atom stereocenters. The molecule has 0 aliphatic carbocycles. The van der Waals surface area contributed by atoms with Crippen LogP contribution in [0.15, 0.2) is 29.2 Å². The Morgan fingerprint density at radius 3 is 2.48 bits per heavy atom. The van der Waals surface area contributed by atoms with Crippen molar-refractivity contribution in [2.75, 3.05) is 6.61 Å². The van der Waals surface area contributed by atoms with Gasteiger partial charge in [0, 0.05) is 0 Å². The third-order valence-corrected chi connectivity index (χ3v) is 5.47. The second-order valence-corrected chi connectivity index (χ2v) is 8.22. The lowest BCUT2D eigenvalue weighted by Crippen LogP contribution is -2.45. The molecule has 0 unspecified atom stereocenters. The lowest BCUT2D eigenvalue weighted by atomic mass is 10.1. The van der Waals surface area contributed by atoms with E-state index >= 15 is 0 Å². The van der Waals surface area contributed by atoms with E-state index in [0.717, 1.165) is 5.56 Å². The molecule has 2 N–H and O–H groups in total. The van der Waals surface area contributed by atoms with Crippen LogP contribution in [0.4, 0.5) is 0 Å². The second kappa shape index (κ2) is 6.58. The molecule has 3 rings (SSSR count). The Balaban J connectivity index is 1.87. The quantitative estimate of drug-likeness (QED) is 0.708. The number of ether oxygens (including phenoxy) is 3. The van der Waals surface area contributed by atoms with Crippen molar-refractivity contribution in [1.82, 2.24) is 0 Å². The van der Waals surface area contributed by atoms with E-state index in [2.05, 4.69) is 0 Å². The lowest BCUT2D eigenvalue weighted by Gasteiger charge is -2.27. The van der Waals surface area contributed by atoms with Gasteiger partial charge in [0.1, 0.15) is 24.4 Å². The first kappa shape index (κ1) is 18.7. The molecule has 0 saturated carbocycles. The van der Waals surface area contributed by atoms with E-state index in [1.54, 1.807) is 26.0 Å². The van der Waals surface area contributed by atoms with Crippen LogP contribution in [0.25, 0.3) is 0 Å². The summed E-state index contributed by atoms with van der Waals surface area (Å²) in [4.78, 5) is -0.0167. The van der Waals surface area contributed by atoms with E-state index in [-0.39, 0.29) is 4.90 Å². The summed E-state index contributed by atoms with van der Waals surface area (Å²) in [6, 6.07) is 6.18. The molecule has 1 aromatic carbocycles. The van der Waals surface area contributed by atoms with Gasteiger partial charge in [0.25, 0.3) is 10.1 Å². The summed E-state index contributed by atoms with van der Waals surface area (Å²) in [6.07, 6.45) is -5.32. The zero-order valence-electron chi connectivity index (χ0n) is 14.2. The number of aliphatic hydroxyl groups excluding tert-OH is 2. The van der Waals surface area contributed by atoms with Gasteiger partial charge in [-0.2, -0.15) is 8.42 Å². The summed E-state index contributed by atoms with van der Waals surface area (Å²) in [5.41, 5.74) is 0.908. The molecule has 0 spiro atoms. The Morgan fingerprint density at radius 1 is 1.24 bits per heavy atom. The molecule has 0 radical (unpaired) electrons. The van der Waals surface area contributed by atoms with E-state index in [1.807, 2.05) is 6.92 Å². The number of rotatable bonds is 5. The molecule has 8 nitrogen and oxygen atoms in total. The average molecular weight is 374 g/mol. The fourth-order valence-corrected chi connectivity index (χ4v) is 4.03. The summed E-state index contributed by atoms with van der Waals surface area (Å²) in [7, 11) is -4.12. The van der Waals surface area contributed by atoms with Crippen LogP contribution in [-0.4, -0.2) is 61.7 Å². The van der Waals surface area contributed by atoms with Gasteiger partial charge >= 0.3 is 0 Å². The minimum atomic E-state index is -4.12. The summed E-state index contributed by atoms with van der Waals surface area (Å²) in [5.74, 6) is -0.973. The second-order valence-electron chi connectivity index (χ2n) is 6.65. The van der Waals surface area contributed by atoms with Crippen molar-refractivity contribution in [2.45, 2.75) is 62.2 Å². The van der Waals surface area contributed by atoms with Gasteiger partial charge in [-0.15, -0.1) is 0 Å². The molecule has 1 aromatic rings. The van der Waals surface area contributed by atoms with Gasteiger partial charge in [0.2, 0.25) is 0 Å². The third kappa shape index (κ3) is 3.72. The molecular formula is C16H22O8S. The van der Waals surface area contributed by atoms with Crippen LogP contribution in [0.5, 0.6) is 0 Å². The van der Waals surface area contributed by atoms with Gasteiger partial charge in [0.15, 0.2) is 12.1 Å². The largest absolute Gasteiger partial charge is 0.394 e. The Bertz CT molecular complexity index is 714. The van der Waals surface area contributed by atoms with Crippen molar-refractivity contribution in [3.05, 3.63) is 29.8 Å². The molecule has 2 aliphatic heterocycles. The molecular weight excluding hydrogens is 352 g/mol. The van der Waals surface area contributed by atoms with Crippen LogP contribution in [0.1, 0.15) is 19.4 Å². The summed E-state index contributed by atoms with van der Waals surface area (Å²) >= 11 is 0. The fraction of sp³-hybridized carbons (Fsp3) is 0.625. The van der Waals surface area contributed by atoms with Crippen molar-refractivity contribution in [1.29, 1.82) is 0 Å². The third-order valence-electron chi connectivity index (χ3n) is 4.14. The topological polar surface area (TPSA) is 112 Å². The van der Waals surface area contributed by atoms with Crippen LogP contribution < -0.4 is 0 Å². The maximum Gasteiger partial charge on any atom is 0.297 e. The first-order valence-corrected chi connectivity index (χ1v) is 9.34. The Labute approximate surface area is 146 Å². The van der Waals surface area contributed by atoms with Crippen molar-refractivity contribution in [3.63, 3.8) is 0 Å². The molecule has 0 aromatic heterocycles. The molecule has 0 bridgehead atoms. The Kier molecular flexibility index (Phi) is 4.93. The van der Waals surface area contributed by atoms with E-state index in [1.165, 1.54) is 12.1 Å². The Hall–Kier alpha value is -1.07. The van der Waals surface area contributed by atoms with Crippen LogP contribution in [0, 0.1) is 6.92 Å². The van der Waals surface area contributed by atoms with Crippen LogP contribution in [0.3, 0.4) is 0 Å². The molecule has 9 heteroatoms. The number of aryl methyl sites for hydroxylation is 1. The van der Waals surface area contributed by atoms with E-state index in [0.29, 0.717) is 0 Å². The van der Waals surface area contributed by atoms with Crippen LogP contribution >= 0.6 is 0 Å². The predicted molar refractivity (Wildman–Crippen MR) is 85.0 cm³/mol. The van der Waals surface area contributed by atoms with Gasteiger partial charge in [-0.05, 0) is 32.9 Å². The van der Waals surface area contributed by atoms with E-state index < -0.39 is 53.2 Å². The highest BCUT2D eigenvalue weighted by molar-refractivity contribution is 7.86. The number of benzene rings is 1. The SMILES string of the molecule is Cc1ccc(S(=O)(=O)O[C@@H]2[C@H]3OC(C)(C)O[C@H]3O[C@@H]2[C@H](O)CO)cc1. The van der Waals surface area contributed by atoms with Crippen molar-refractivity contribution < 1.29 is 37.0 Å². The number of hydrogen-bond acceptors (Lipinski definition) is 8. The van der Waals surface area contributed by atoms with Crippen LogP contribution in [0.2, 0.25) is 0 Å². The summed E-state index contributed by atoms with van der Waals surface area (Å²) in [6.45, 7) is 4.55. The predicted octanol–water partition coefficient (Wildman–Crippen LogP) is 0.299. The first-order chi connectivity index (χ1) is 11.6. The van der Waals surface area contributed by atoms with Gasteiger partial charge < -0.3 is 24.4 Å². The number of aliphatic hydroxyl groups is 2. The van der Waals surface area contributed by atoms with Crippen LogP contribution in [-0.2, 0) is 28.5 Å². The zero-order valence-corrected chi connectivity index (χ0v) is 15.0. The highest BCUT2D eigenvalue weighted by Crippen LogP contribution is 2.40. The minimum Gasteiger partial charge on any atom is -0.394 e. The van der Waals surface area contributed by atoms with Gasteiger partial charge in [-0.25, -0.2) is 0 Å². The maximum absolute atomic E-state index is 12.6. The maximum atomic E-state index is 12.6. The normalized spacial score (nSPS) is 32.5. The van der Waals surface area contributed by atoms with Crippen molar-refractivity contribution in [3.8, 4) is 0 Å². The average Bonchev–Trinajstić information content (AvgIpc) is 3.00. The molecule has 2 fully saturated rings. The smallest absolute Gasteiger partial charge is 0.297 e. The van der Waals surface area contributed by atoms with Crippen molar-refractivity contribution >= 4 is 10.1 Å². The highest BCUT2D eigenvalue weighted by Gasteiger charge is 2.58. The van der Waals surface area contributed by atoms with Gasteiger partial charge in [0.05, 0.1) is 11.5 Å². The standard InChI is InChI=1S/C16H22O8S/c1-9-4-6-10(7-5-9)25(19,20)24-13-12(11(18)8-17)21-15-14(13)22-16(2,3)23-15/h4-7,11-15,17-18H,8H2,1-3H3/t11-,12-,13+,14-,15-/m1/s1. The summed E-state index contributed by atoms with van der Waals surface area (Å²) in [5, 5.41) is 19.2. The molecule has 140 valence electrons. The molecule has 2 saturated heterocycles. The lowest BCUT2D eigenvalue weighted by molar-refractivity contribution is -0.225. The fourth-order valence-electron chi connectivity index (χ4n) is 2.93. The van der Waals surface area contributed by atoms with Crippen molar-refractivity contribution in [2.24, 2.45) is 0 Å². The molecule has 0 amide bonds. The molecule has 2 heterocycles. The molecule has 2 aliphatic rings. The monoisotopic (exact) mass is 374 g/mol. The summed E-state index contributed by atoms with van der Waals surface area (Å²) < 4.78 is 47.3. The van der Waals surface area contributed by atoms with Gasteiger partial charge in [-0.3, -0.25) is 4.18 Å². The number of fused-ring (bicyclic) bond motifs is 1. The minimum absolute atomic E-state index is 0.0167. The van der Waals surface area contributed by atoms with E-state index in [9.17, 15) is 18.6 Å². The highest BCUT2D eigenvalue weighted by atomic mass is 32.2. The Morgan fingerprint density at radius 2 is 1.88 bits per heavy atom. The number of hydrogen-bond donors (Lipinski definition) is 2. The molecule has 25 heavy (non-hydrogen) atoms. The zero-order chi connectivity index (χ0) is 18.4. The van der Waals surface area contributed by atoms with E-state index in [4.69, 9.17) is 18.4 Å².